The maximum atomic E-state index is 11.4. The molecule has 0 aliphatic rings. The monoisotopic (exact) mass is 249 g/mol. The predicted octanol–water partition coefficient (Wildman–Crippen LogP) is 1.54. The topological polar surface area (TPSA) is 86.6 Å². The molecule has 0 amide bonds. The van der Waals surface area contributed by atoms with Crippen LogP contribution in [0.15, 0.2) is 18.2 Å². The summed E-state index contributed by atoms with van der Waals surface area (Å²) in [6.07, 6.45) is 1.17. The molecule has 0 spiro atoms. The lowest BCUT2D eigenvalue weighted by Gasteiger charge is -2.04. The molecule has 1 aromatic heterocycles. The molecule has 0 fully saturated rings. The van der Waals surface area contributed by atoms with Crippen LogP contribution < -0.4 is 0 Å². The van der Waals surface area contributed by atoms with Gasteiger partial charge in [-0.3, -0.25) is 0 Å². The Morgan fingerprint density at radius 2 is 2.18 bits per heavy atom. The summed E-state index contributed by atoms with van der Waals surface area (Å²) in [6, 6.07) is 7.02. The van der Waals surface area contributed by atoms with Gasteiger partial charge in [0.15, 0.2) is 9.84 Å². The summed E-state index contributed by atoms with van der Waals surface area (Å²) < 4.78 is 22.8. The summed E-state index contributed by atoms with van der Waals surface area (Å²) in [4.78, 5) is 7.15. The normalized spacial score (nSPS) is 13.5. The molecule has 17 heavy (non-hydrogen) atoms. The number of fused-ring (bicyclic) bond motifs is 1. The highest BCUT2D eigenvalue weighted by atomic mass is 32.2. The molecule has 0 bridgehead atoms. The number of hydrogen-bond donors (Lipinski definition) is 1. The van der Waals surface area contributed by atoms with Crippen LogP contribution in [0.5, 0.6) is 0 Å². The molecule has 6 heteroatoms. The summed E-state index contributed by atoms with van der Waals surface area (Å²) in [7, 11) is -3.18. The van der Waals surface area contributed by atoms with E-state index in [0.29, 0.717) is 22.4 Å². The second-order valence-electron chi connectivity index (χ2n) is 3.94. The highest BCUT2D eigenvalue weighted by Crippen LogP contribution is 2.21. The van der Waals surface area contributed by atoms with Crippen molar-refractivity contribution in [2.24, 2.45) is 0 Å². The van der Waals surface area contributed by atoms with Crippen LogP contribution in [-0.4, -0.2) is 24.6 Å². The Kier molecular flexibility index (Phi) is 2.63. The van der Waals surface area contributed by atoms with Crippen LogP contribution in [0, 0.1) is 11.3 Å². The van der Waals surface area contributed by atoms with Crippen LogP contribution in [0.25, 0.3) is 11.0 Å². The van der Waals surface area contributed by atoms with Crippen molar-refractivity contribution in [3.63, 3.8) is 0 Å². The van der Waals surface area contributed by atoms with Gasteiger partial charge in [-0.25, -0.2) is 13.4 Å². The van der Waals surface area contributed by atoms with Gasteiger partial charge < -0.3 is 4.98 Å². The number of hydrogen-bond acceptors (Lipinski definition) is 4. The van der Waals surface area contributed by atoms with Gasteiger partial charge in [0.05, 0.1) is 22.7 Å². The Morgan fingerprint density at radius 3 is 2.76 bits per heavy atom. The number of benzene rings is 1. The zero-order chi connectivity index (χ0) is 12.6. The van der Waals surface area contributed by atoms with Crippen molar-refractivity contribution in [3.05, 3.63) is 29.6 Å². The van der Waals surface area contributed by atoms with E-state index in [0.717, 1.165) is 0 Å². The zero-order valence-corrected chi connectivity index (χ0v) is 10.2. The van der Waals surface area contributed by atoms with Gasteiger partial charge in [0, 0.05) is 6.26 Å². The van der Waals surface area contributed by atoms with Crippen molar-refractivity contribution >= 4 is 20.9 Å². The molecule has 2 aromatic rings. The molecular formula is C11H11N3O2S. The van der Waals surface area contributed by atoms with Gasteiger partial charge in [-0.15, -0.1) is 0 Å². The number of nitrogens with one attached hydrogen (secondary N) is 1. The van der Waals surface area contributed by atoms with E-state index < -0.39 is 15.1 Å². The first-order chi connectivity index (χ1) is 7.91. The third-order valence-electron chi connectivity index (χ3n) is 2.66. The largest absolute Gasteiger partial charge is 0.341 e. The molecule has 5 nitrogen and oxygen atoms in total. The standard InChI is InChI=1S/C11H11N3O2S/c1-7(17(2,15)16)11-13-9-4-3-8(6-12)5-10(9)14-11/h3-5,7H,1-2H3,(H,13,14). The van der Waals surface area contributed by atoms with E-state index in [1.54, 1.807) is 25.1 Å². The van der Waals surface area contributed by atoms with Crippen LogP contribution in [0.4, 0.5) is 0 Å². The molecule has 1 N–H and O–H groups in total. The van der Waals surface area contributed by atoms with E-state index in [2.05, 4.69) is 9.97 Å². The molecule has 1 atom stereocenters. The third-order valence-corrected chi connectivity index (χ3v) is 4.16. The average Bonchev–Trinajstić information content (AvgIpc) is 2.68. The molecule has 1 aromatic carbocycles. The second kappa shape index (κ2) is 3.86. The highest BCUT2D eigenvalue weighted by molar-refractivity contribution is 7.90. The van der Waals surface area contributed by atoms with Crippen LogP contribution in [0.2, 0.25) is 0 Å². The number of sulfone groups is 1. The fourth-order valence-electron chi connectivity index (χ4n) is 1.49. The molecule has 2 rings (SSSR count). The van der Waals surface area contributed by atoms with Crippen LogP contribution in [-0.2, 0) is 9.84 Å². The van der Waals surface area contributed by atoms with E-state index >= 15 is 0 Å². The van der Waals surface area contributed by atoms with Gasteiger partial charge >= 0.3 is 0 Å². The zero-order valence-electron chi connectivity index (χ0n) is 9.43. The Labute approximate surface area is 99.0 Å². The van der Waals surface area contributed by atoms with E-state index in [4.69, 9.17) is 5.26 Å². The SMILES string of the molecule is CC(c1nc2ccc(C#N)cc2[nH]1)S(C)(=O)=O. The average molecular weight is 249 g/mol. The van der Waals surface area contributed by atoms with Gasteiger partial charge in [0.2, 0.25) is 0 Å². The quantitative estimate of drug-likeness (QED) is 0.874. The van der Waals surface area contributed by atoms with Crippen molar-refractivity contribution in [3.8, 4) is 6.07 Å². The molecule has 1 unspecified atom stereocenters. The van der Waals surface area contributed by atoms with Crippen LogP contribution >= 0.6 is 0 Å². The Balaban J connectivity index is 2.56. The Morgan fingerprint density at radius 1 is 1.47 bits per heavy atom. The lowest BCUT2D eigenvalue weighted by Crippen LogP contribution is -2.09. The molecule has 0 saturated heterocycles. The number of imidazole rings is 1. The smallest absolute Gasteiger partial charge is 0.157 e. The van der Waals surface area contributed by atoms with Crippen molar-refractivity contribution < 1.29 is 8.42 Å². The lowest BCUT2D eigenvalue weighted by molar-refractivity contribution is 0.590. The number of nitriles is 1. The van der Waals surface area contributed by atoms with Gasteiger partial charge in [0.1, 0.15) is 11.1 Å². The first-order valence-corrected chi connectivity index (χ1v) is 6.96. The maximum Gasteiger partial charge on any atom is 0.157 e. The first-order valence-electron chi connectivity index (χ1n) is 5.00. The molecular weight excluding hydrogens is 238 g/mol. The Hall–Kier alpha value is -1.87. The van der Waals surface area contributed by atoms with E-state index in [1.807, 2.05) is 6.07 Å². The minimum atomic E-state index is -3.18. The van der Waals surface area contributed by atoms with Gasteiger partial charge in [-0.05, 0) is 25.1 Å². The summed E-state index contributed by atoms with van der Waals surface area (Å²) >= 11 is 0. The number of aromatic nitrogens is 2. The number of aromatic amines is 1. The first kappa shape index (κ1) is 11.6. The highest BCUT2D eigenvalue weighted by Gasteiger charge is 2.20. The second-order valence-corrected chi connectivity index (χ2v) is 6.30. The molecule has 88 valence electrons. The van der Waals surface area contributed by atoms with Crippen molar-refractivity contribution in [2.45, 2.75) is 12.2 Å². The fourth-order valence-corrected chi connectivity index (χ4v) is 2.01. The number of nitrogens with zero attached hydrogens (tertiary/aromatic N) is 2. The van der Waals surface area contributed by atoms with Gasteiger partial charge in [-0.1, -0.05) is 0 Å². The van der Waals surface area contributed by atoms with Crippen molar-refractivity contribution in [2.75, 3.05) is 6.26 Å². The van der Waals surface area contributed by atoms with E-state index in [9.17, 15) is 8.42 Å². The van der Waals surface area contributed by atoms with Crippen molar-refractivity contribution in [1.29, 1.82) is 5.26 Å². The van der Waals surface area contributed by atoms with E-state index in [-0.39, 0.29) is 0 Å². The summed E-state index contributed by atoms with van der Waals surface area (Å²) in [5.74, 6) is 0.401. The predicted molar refractivity (Wildman–Crippen MR) is 64.1 cm³/mol. The van der Waals surface area contributed by atoms with Gasteiger partial charge in [0.25, 0.3) is 0 Å². The lowest BCUT2D eigenvalue weighted by atomic mass is 10.2. The minimum Gasteiger partial charge on any atom is -0.341 e. The minimum absolute atomic E-state index is 0.401. The summed E-state index contributed by atoms with van der Waals surface area (Å²) in [6.45, 7) is 1.58. The van der Waals surface area contributed by atoms with Crippen molar-refractivity contribution in [1.82, 2.24) is 9.97 Å². The fraction of sp³-hybridized carbons (Fsp3) is 0.273. The Bertz CT molecular complexity index is 710. The van der Waals surface area contributed by atoms with Crippen LogP contribution in [0.3, 0.4) is 0 Å². The van der Waals surface area contributed by atoms with E-state index in [1.165, 1.54) is 6.26 Å². The molecule has 0 aliphatic heterocycles. The summed E-state index contributed by atoms with van der Waals surface area (Å²) in [5, 5.41) is 8.08. The molecule has 0 saturated carbocycles. The van der Waals surface area contributed by atoms with Crippen LogP contribution in [0.1, 0.15) is 23.6 Å². The molecule has 0 radical (unpaired) electrons. The number of H-pyrrole nitrogens is 1. The third kappa shape index (κ3) is 2.15. The molecule has 1 heterocycles. The van der Waals surface area contributed by atoms with Gasteiger partial charge in [-0.2, -0.15) is 5.26 Å². The number of rotatable bonds is 2. The maximum absolute atomic E-state index is 11.4. The molecule has 0 aliphatic carbocycles. The summed E-state index contributed by atoms with van der Waals surface area (Å²) in [5.41, 5.74) is 1.85.